The Morgan fingerprint density at radius 2 is 2.00 bits per heavy atom. The van der Waals surface area contributed by atoms with Crippen LogP contribution in [-0.2, 0) is 0 Å². The summed E-state index contributed by atoms with van der Waals surface area (Å²) in [5.74, 6) is -0.355. The lowest BCUT2D eigenvalue weighted by molar-refractivity contribution is 0.276. The Morgan fingerprint density at radius 1 is 1.38 bits per heavy atom. The number of nitrogens with one attached hydrogen (secondary N) is 1. The van der Waals surface area contributed by atoms with E-state index in [9.17, 15) is 4.39 Å². The van der Waals surface area contributed by atoms with Gasteiger partial charge in [0.05, 0.1) is 5.02 Å². The average molecular weight is 244 g/mol. The fourth-order valence-corrected chi connectivity index (χ4v) is 1.94. The molecule has 0 bridgehead atoms. The third kappa shape index (κ3) is 3.19. The van der Waals surface area contributed by atoms with Crippen molar-refractivity contribution in [1.29, 1.82) is 0 Å². The second-order valence-electron chi connectivity index (χ2n) is 5.03. The van der Waals surface area contributed by atoms with Crippen molar-refractivity contribution in [2.24, 2.45) is 5.41 Å². The van der Waals surface area contributed by atoms with Crippen LogP contribution in [0.25, 0.3) is 0 Å². The van der Waals surface area contributed by atoms with Gasteiger partial charge in [0.1, 0.15) is 5.82 Å². The zero-order valence-electron chi connectivity index (χ0n) is 10.3. The molecule has 0 aliphatic carbocycles. The Hall–Kier alpha value is -0.600. The molecule has 1 aromatic rings. The second-order valence-corrected chi connectivity index (χ2v) is 5.44. The van der Waals surface area contributed by atoms with Gasteiger partial charge in [-0.2, -0.15) is 0 Å². The van der Waals surface area contributed by atoms with E-state index in [1.165, 1.54) is 6.07 Å². The van der Waals surface area contributed by atoms with Gasteiger partial charge in [0.2, 0.25) is 0 Å². The maximum atomic E-state index is 13.4. The summed E-state index contributed by atoms with van der Waals surface area (Å²) in [7, 11) is 0. The highest BCUT2D eigenvalue weighted by Crippen LogP contribution is 2.33. The van der Waals surface area contributed by atoms with Crippen LogP contribution in [0.5, 0.6) is 0 Å². The van der Waals surface area contributed by atoms with E-state index < -0.39 is 0 Å². The lowest BCUT2D eigenvalue weighted by Crippen LogP contribution is -2.32. The lowest BCUT2D eigenvalue weighted by Gasteiger charge is -2.32. The molecular weight excluding hydrogens is 225 g/mol. The fourth-order valence-electron chi connectivity index (χ4n) is 1.82. The normalized spacial score (nSPS) is 13.9. The molecule has 90 valence electrons. The smallest absolute Gasteiger partial charge is 0.142 e. The quantitative estimate of drug-likeness (QED) is 0.840. The second kappa shape index (κ2) is 5.15. The van der Waals surface area contributed by atoms with E-state index in [2.05, 4.69) is 26.1 Å². The van der Waals surface area contributed by atoms with E-state index in [0.717, 1.165) is 12.1 Å². The van der Waals surface area contributed by atoms with Crippen molar-refractivity contribution in [3.8, 4) is 0 Å². The molecule has 0 radical (unpaired) electrons. The molecule has 1 aromatic carbocycles. The molecule has 0 heterocycles. The zero-order chi connectivity index (χ0) is 12.3. The first-order valence-electron chi connectivity index (χ1n) is 5.54. The van der Waals surface area contributed by atoms with Gasteiger partial charge in [0.25, 0.3) is 0 Å². The summed E-state index contributed by atoms with van der Waals surface area (Å²) in [5, 5.41) is 3.55. The summed E-state index contributed by atoms with van der Waals surface area (Å²) in [6.45, 7) is 9.30. The predicted molar refractivity (Wildman–Crippen MR) is 67.3 cm³/mol. The van der Waals surface area contributed by atoms with Crippen molar-refractivity contribution in [2.75, 3.05) is 6.54 Å². The topological polar surface area (TPSA) is 12.0 Å². The number of hydrogen-bond acceptors (Lipinski definition) is 1. The highest BCUT2D eigenvalue weighted by Gasteiger charge is 2.25. The molecule has 0 aliphatic rings. The highest BCUT2D eigenvalue weighted by molar-refractivity contribution is 6.30. The summed E-state index contributed by atoms with van der Waals surface area (Å²) in [4.78, 5) is 0. The number of halogens is 2. The van der Waals surface area contributed by atoms with Crippen molar-refractivity contribution in [1.82, 2.24) is 5.32 Å². The van der Waals surface area contributed by atoms with Gasteiger partial charge in [-0.15, -0.1) is 0 Å². The maximum absolute atomic E-state index is 13.4. The van der Waals surface area contributed by atoms with Crippen LogP contribution >= 0.6 is 11.6 Å². The molecule has 0 amide bonds. The molecule has 1 nitrogen and oxygen atoms in total. The predicted octanol–water partition coefficient (Wildman–Crippen LogP) is 4.18. The van der Waals surface area contributed by atoms with Crippen molar-refractivity contribution in [3.05, 3.63) is 34.6 Å². The van der Waals surface area contributed by atoms with Gasteiger partial charge in [-0.25, -0.2) is 4.39 Å². The van der Waals surface area contributed by atoms with Crippen LogP contribution in [0.3, 0.4) is 0 Å². The van der Waals surface area contributed by atoms with Gasteiger partial charge in [-0.05, 0) is 29.7 Å². The molecular formula is C13H19ClFN. The van der Waals surface area contributed by atoms with E-state index in [4.69, 9.17) is 11.6 Å². The van der Waals surface area contributed by atoms with Gasteiger partial charge < -0.3 is 5.32 Å². The van der Waals surface area contributed by atoms with E-state index in [-0.39, 0.29) is 22.3 Å². The number of benzene rings is 1. The van der Waals surface area contributed by atoms with Crippen molar-refractivity contribution in [3.63, 3.8) is 0 Å². The Kier molecular flexibility index (Phi) is 4.34. The van der Waals surface area contributed by atoms with E-state index in [0.29, 0.717) is 0 Å². The van der Waals surface area contributed by atoms with Gasteiger partial charge in [0.15, 0.2) is 0 Å². The van der Waals surface area contributed by atoms with Crippen molar-refractivity contribution in [2.45, 2.75) is 33.7 Å². The van der Waals surface area contributed by atoms with Gasteiger partial charge in [0, 0.05) is 6.04 Å². The molecule has 0 spiro atoms. The molecule has 1 atom stereocenters. The molecule has 0 aromatic heterocycles. The molecule has 0 saturated carbocycles. The summed E-state index contributed by atoms with van der Waals surface area (Å²) in [6, 6.07) is 5.14. The van der Waals surface area contributed by atoms with Crippen molar-refractivity contribution >= 4 is 11.6 Å². The van der Waals surface area contributed by atoms with E-state index >= 15 is 0 Å². The summed E-state index contributed by atoms with van der Waals surface area (Å²) >= 11 is 5.68. The Balaban J connectivity index is 3.06. The Morgan fingerprint density at radius 3 is 2.44 bits per heavy atom. The molecule has 0 fully saturated rings. The molecule has 3 heteroatoms. The largest absolute Gasteiger partial charge is 0.310 e. The third-order valence-corrected chi connectivity index (χ3v) is 2.86. The van der Waals surface area contributed by atoms with Crippen LogP contribution < -0.4 is 5.32 Å². The summed E-state index contributed by atoms with van der Waals surface area (Å²) in [6.07, 6.45) is 0. The van der Waals surface area contributed by atoms with E-state index in [1.807, 2.05) is 13.0 Å². The Bertz CT molecular complexity index is 357. The third-order valence-electron chi connectivity index (χ3n) is 2.55. The SMILES string of the molecule is CCNC(c1ccc(Cl)c(F)c1)C(C)(C)C. The molecule has 0 aliphatic heterocycles. The van der Waals surface area contributed by atoms with Gasteiger partial charge >= 0.3 is 0 Å². The van der Waals surface area contributed by atoms with Crippen LogP contribution in [0.2, 0.25) is 5.02 Å². The Labute approximate surface area is 102 Å². The molecule has 0 saturated heterocycles. The maximum Gasteiger partial charge on any atom is 0.142 e. The first-order chi connectivity index (χ1) is 7.36. The minimum absolute atomic E-state index is 0.0380. The van der Waals surface area contributed by atoms with Crippen molar-refractivity contribution < 1.29 is 4.39 Å². The molecule has 1 N–H and O–H groups in total. The van der Waals surface area contributed by atoms with E-state index in [1.54, 1.807) is 6.07 Å². The van der Waals surface area contributed by atoms with Crippen LogP contribution in [0.4, 0.5) is 4.39 Å². The standard InChI is InChI=1S/C13H19ClFN/c1-5-16-12(13(2,3)4)9-6-7-10(14)11(15)8-9/h6-8,12,16H,5H2,1-4H3. The molecule has 1 rings (SSSR count). The van der Waals surface area contributed by atoms with Crippen LogP contribution in [0.1, 0.15) is 39.3 Å². The van der Waals surface area contributed by atoms with Gasteiger partial charge in [-0.1, -0.05) is 45.4 Å². The molecule has 16 heavy (non-hydrogen) atoms. The highest BCUT2D eigenvalue weighted by atomic mass is 35.5. The molecule has 1 unspecified atom stereocenters. The fraction of sp³-hybridized carbons (Fsp3) is 0.538. The monoisotopic (exact) mass is 243 g/mol. The van der Waals surface area contributed by atoms with Gasteiger partial charge in [-0.3, -0.25) is 0 Å². The van der Waals surface area contributed by atoms with Crippen LogP contribution in [0, 0.1) is 11.2 Å². The number of rotatable bonds is 3. The lowest BCUT2D eigenvalue weighted by atomic mass is 9.82. The van der Waals surface area contributed by atoms with Crippen LogP contribution in [0.15, 0.2) is 18.2 Å². The minimum Gasteiger partial charge on any atom is -0.310 e. The summed E-state index contributed by atoms with van der Waals surface area (Å²) in [5.41, 5.74) is 0.979. The minimum atomic E-state index is -0.355. The first kappa shape index (κ1) is 13.5. The zero-order valence-corrected chi connectivity index (χ0v) is 11.0. The number of hydrogen-bond donors (Lipinski definition) is 1. The average Bonchev–Trinajstić information content (AvgIpc) is 2.17. The first-order valence-corrected chi connectivity index (χ1v) is 5.92. The van der Waals surface area contributed by atoms with Crippen LogP contribution in [-0.4, -0.2) is 6.54 Å². The summed E-state index contributed by atoms with van der Waals surface area (Å²) < 4.78 is 13.4.